The van der Waals surface area contributed by atoms with Gasteiger partial charge in [-0.05, 0) is 29.7 Å². The van der Waals surface area contributed by atoms with E-state index in [0.29, 0.717) is 31.1 Å². The van der Waals surface area contributed by atoms with Crippen LogP contribution in [0.3, 0.4) is 0 Å². The van der Waals surface area contributed by atoms with Crippen LogP contribution in [-0.2, 0) is 13.0 Å². The van der Waals surface area contributed by atoms with E-state index in [1.54, 1.807) is 0 Å². The fraction of sp³-hybridized carbons (Fsp3) is 0.238. The molecular formula is C21H20N2O3. The van der Waals surface area contributed by atoms with Crippen LogP contribution in [0.4, 0.5) is 0 Å². The van der Waals surface area contributed by atoms with E-state index >= 15 is 0 Å². The van der Waals surface area contributed by atoms with E-state index in [1.165, 1.54) is 5.56 Å². The molecule has 1 aliphatic rings. The third-order valence-corrected chi connectivity index (χ3v) is 4.48. The molecule has 0 bridgehead atoms. The second-order valence-corrected chi connectivity index (χ2v) is 6.30. The van der Waals surface area contributed by atoms with Crippen molar-refractivity contribution in [3.63, 3.8) is 0 Å². The Hall–Kier alpha value is -3.08. The van der Waals surface area contributed by atoms with Gasteiger partial charge in [0.2, 0.25) is 0 Å². The molecule has 0 N–H and O–H groups in total. The normalized spacial score (nSPS) is 15.3. The number of aromatic nitrogens is 2. The summed E-state index contributed by atoms with van der Waals surface area (Å²) in [4.78, 5) is 15.8. The molecule has 0 amide bonds. The predicted molar refractivity (Wildman–Crippen MR) is 99.7 cm³/mol. The molecular weight excluding hydrogens is 328 g/mol. The summed E-state index contributed by atoms with van der Waals surface area (Å²) in [6.45, 7) is 2.99. The summed E-state index contributed by atoms with van der Waals surface area (Å²) in [5.41, 5.74) is 2.82. The summed E-state index contributed by atoms with van der Waals surface area (Å²) < 4.78 is 13.5. The van der Waals surface area contributed by atoms with Crippen LogP contribution in [0.1, 0.15) is 12.5 Å². The average Bonchev–Trinajstić information content (AvgIpc) is 3.08. The number of rotatable bonds is 5. The van der Waals surface area contributed by atoms with Gasteiger partial charge in [-0.3, -0.25) is 9.36 Å². The predicted octanol–water partition coefficient (Wildman–Crippen LogP) is 3.31. The summed E-state index contributed by atoms with van der Waals surface area (Å²) in [6.07, 6.45) is 2.35. The smallest absolute Gasteiger partial charge is 0.300 e. The average molecular weight is 348 g/mol. The van der Waals surface area contributed by atoms with Crippen molar-refractivity contribution in [2.45, 2.75) is 26.0 Å². The first-order valence-corrected chi connectivity index (χ1v) is 8.78. The second kappa shape index (κ2) is 7.04. The van der Waals surface area contributed by atoms with Gasteiger partial charge in [0.25, 0.3) is 11.6 Å². The second-order valence-electron chi connectivity index (χ2n) is 6.30. The third-order valence-electron chi connectivity index (χ3n) is 4.48. The zero-order chi connectivity index (χ0) is 17.9. The molecule has 0 aliphatic carbocycles. The highest BCUT2D eigenvalue weighted by atomic mass is 16.6. The van der Waals surface area contributed by atoms with Crippen LogP contribution in [0.2, 0.25) is 0 Å². The number of fused-ring (bicyclic) bond motifs is 1. The van der Waals surface area contributed by atoms with E-state index in [0.717, 1.165) is 11.3 Å². The van der Waals surface area contributed by atoms with E-state index in [2.05, 4.69) is 17.1 Å². The van der Waals surface area contributed by atoms with Crippen LogP contribution in [0.5, 0.6) is 11.8 Å². The van der Waals surface area contributed by atoms with Crippen molar-refractivity contribution < 1.29 is 9.47 Å². The topological polar surface area (TPSA) is 53.4 Å². The molecule has 1 aromatic heterocycles. The standard InChI is InChI=1S/C21H20N2O3/c1-2-15-12-23-13-19(26-21(23)22-20(15)24)14-25-18-10-8-17(9-11-18)16-6-4-3-5-7-16/h3-12,19H,2,13-14H2,1H3/t19-/m0/s1. The Labute approximate surface area is 151 Å². The Morgan fingerprint density at radius 2 is 1.85 bits per heavy atom. The molecule has 2 heterocycles. The van der Waals surface area contributed by atoms with Gasteiger partial charge in [0, 0.05) is 11.8 Å². The molecule has 5 nitrogen and oxygen atoms in total. The fourth-order valence-electron chi connectivity index (χ4n) is 3.04. The van der Waals surface area contributed by atoms with Crippen molar-refractivity contribution in [1.29, 1.82) is 0 Å². The lowest BCUT2D eigenvalue weighted by Gasteiger charge is -2.11. The summed E-state index contributed by atoms with van der Waals surface area (Å²) >= 11 is 0. The van der Waals surface area contributed by atoms with Gasteiger partial charge in [0.15, 0.2) is 6.10 Å². The van der Waals surface area contributed by atoms with Crippen molar-refractivity contribution in [1.82, 2.24) is 9.55 Å². The maximum atomic E-state index is 11.8. The Morgan fingerprint density at radius 1 is 1.12 bits per heavy atom. The zero-order valence-electron chi connectivity index (χ0n) is 14.6. The molecule has 0 saturated carbocycles. The van der Waals surface area contributed by atoms with Crippen molar-refractivity contribution in [3.05, 3.63) is 76.7 Å². The molecule has 132 valence electrons. The minimum Gasteiger partial charge on any atom is -0.490 e. The first-order chi connectivity index (χ1) is 12.7. The highest BCUT2D eigenvalue weighted by molar-refractivity contribution is 5.63. The largest absolute Gasteiger partial charge is 0.490 e. The molecule has 0 spiro atoms. The van der Waals surface area contributed by atoms with Gasteiger partial charge < -0.3 is 9.47 Å². The molecule has 0 radical (unpaired) electrons. The molecule has 1 aliphatic heterocycles. The van der Waals surface area contributed by atoms with Crippen LogP contribution >= 0.6 is 0 Å². The van der Waals surface area contributed by atoms with Gasteiger partial charge in [0.1, 0.15) is 12.4 Å². The molecule has 0 fully saturated rings. The minimum atomic E-state index is -0.211. The van der Waals surface area contributed by atoms with Crippen molar-refractivity contribution in [2.75, 3.05) is 6.61 Å². The summed E-state index contributed by atoms with van der Waals surface area (Å²) in [5, 5.41) is 0. The van der Waals surface area contributed by atoms with Gasteiger partial charge >= 0.3 is 0 Å². The van der Waals surface area contributed by atoms with E-state index < -0.39 is 0 Å². The van der Waals surface area contributed by atoms with Gasteiger partial charge in [0.05, 0.1) is 6.54 Å². The van der Waals surface area contributed by atoms with Crippen molar-refractivity contribution >= 4 is 0 Å². The number of hydrogen-bond donors (Lipinski definition) is 0. The van der Waals surface area contributed by atoms with Crippen molar-refractivity contribution in [3.8, 4) is 22.9 Å². The summed E-state index contributed by atoms with van der Waals surface area (Å²) in [7, 11) is 0. The molecule has 0 unspecified atom stereocenters. The third kappa shape index (κ3) is 3.33. The van der Waals surface area contributed by atoms with Crippen LogP contribution in [0, 0.1) is 0 Å². The van der Waals surface area contributed by atoms with E-state index in [-0.39, 0.29) is 11.7 Å². The Morgan fingerprint density at radius 3 is 2.58 bits per heavy atom. The van der Waals surface area contributed by atoms with E-state index in [9.17, 15) is 4.79 Å². The Bertz CT molecular complexity index is 949. The van der Waals surface area contributed by atoms with E-state index in [1.807, 2.05) is 60.2 Å². The number of benzene rings is 2. The van der Waals surface area contributed by atoms with Gasteiger partial charge in [-0.2, -0.15) is 4.98 Å². The molecule has 1 atom stereocenters. The molecule has 0 saturated heterocycles. The first kappa shape index (κ1) is 16.4. The number of aryl methyl sites for hydroxylation is 1. The lowest BCUT2D eigenvalue weighted by atomic mass is 10.1. The van der Waals surface area contributed by atoms with Crippen LogP contribution in [-0.4, -0.2) is 22.3 Å². The monoisotopic (exact) mass is 348 g/mol. The maximum absolute atomic E-state index is 11.8. The Kier molecular flexibility index (Phi) is 4.44. The molecule has 5 heteroatoms. The zero-order valence-corrected chi connectivity index (χ0v) is 14.6. The number of ether oxygens (including phenoxy) is 2. The lowest BCUT2D eigenvalue weighted by molar-refractivity contribution is 0.143. The maximum Gasteiger partial charge on any atom is 0.300 e. The molecule has 26 heavy (non-hydrogen) atoms. The van der Waals surface area contributed by atoms with E-state index in [4.69, 9.17) is 9.47 Å². The highest BCUT2D eigenvalue weighted by Gasteiger charge is 2.24. The lowest BCUT2D eigenvalue weighted by Crippen LogP contribution is -2.23. The fourth-order valence-corrected chi connectivity index (χ4v) is 3.04. The molecule has 2 aromatic carbocycles. The SMILES string of the molecule is CCc1cn2c(nc1=O)O[C@H](COc1ccc(-c3ccccc3)cc1)C2. The van der Waals surface area contributed by atoms with Gasteiger partial charge in [-0.1, -0.05) is 49.4 Å². The van der Waals surface area contributed by atoms with Crippen LogP contribution < -0.4 is 15.0 Å². The van der Waals surface area contributed by atoms with Gasteiger partial charge in [-0.15, -0.1) is 0 Å². The summed E-state index contributed by atoms with van der Waals surface area (Å²) in [5.74, 6) is 0.793. The minimum absolute atomic E-state index is 0.150. The Balaban J connectivity index is 1.38. The van der Waals surface area contributed by atoms with Crippen LogP contribution in [0.25, 0.3) is 11.1 Å². The van der Waals surface area contributed by atoms with Crippen LogP contribution in [0.15, 0.2) is 65.6 Å². The van der Waals surface area contributed by atoms with Gasteiger partial charge in [-0.25, -0.2) is 0 Å². The quantitative estimate of drug-likeness (QED) is 0.710. The number of hydrogen-bond acceptors (Lipinski definition) is 4. The molecule has 4 rings (SSSR count). The molecule has 3 aromatic rings. The number of nitrogens with zero attached hydrogens (tertiary/aromatic N) is 2. The first-order valence-electron chi connectivity index (χ1n) is 8.78. The van der Waals surface area contributed by atoms with Crippen molar-refractivity contribution in [2.24, 2.45) is 0 Å². The highest BCUT2D eigenvalue weighted by Crippen LogP contribution is 2.23. The summed E-state index contributed by atoms with van der Waals surface area (Å²) in [6, 6.07) is 18.6.